The first-order valence-corrected chi connectivity index (χ1v) is 6.74. The predicted octanol–water partition coefficient (Wildman–Crippen LogP) is 1.76. The van der Waals surface area contributed by atoms with Crippen molar-refractivity contribution in [1.29, 1.82) is 0 Å². The largest absolute Gasteiger partial charge is 0.480 e. The number of hydrogen-bond acceptors (Lipinski definition) is 3. The Bertz CT molecular complexity index is 536. The maximum atomic E-state index is 12.3. The van der Waals surface area contributed by atoms with Gasteiger partial charge >= 0.3 is 5.97 Å². The van der Waals surface area contributed by atoms with Crippen LogP contribution in [0, 0.1) is 0 Å². The van der Waals surface area contributed by atoms with Gasteiger partial charge in [-0.3, -0.25) is 4.79 Å². The number of carbonyl (C=O) groups is 2. The van der Waals surface area contributed by atoms with E-state index in [4.69, 9.17) is 16.7 Å². The summed E-state index contributed by atoms with van der Waals surface area (Å²) in [6.07, 6.45) is -0.783. The molecule has 0 saturated carbocycles. The molecule has 0 spiro atoms. The van der Waals surface area contributed by atoms with E-state index in [2.05, 4.69) is 15.9 Å². The van der Waals surface area contributed by atoms with Crippen LogP contribution in [0.25, 0.3) is 0 Å². The van der Waals surface area contributed by atoms with E-state index in [1.807, 2.05) is 0 Å². The second-order valence-electron chi connectivity index (χ2n) is 4.33. The van der Waals surface area contributed by atoms with E-state index >= 15 is 0 Å². The predicted molar refractivity (Wildman–Crippen MR) is 72.2 cm³/mol. The molecular formula is C12H11BrClNO4. The number of benzene rings is 1. The fraction of sp³-hybridized carbons (Fsp3) is 0.333. The summed E-state index contributed by atoms with van der Waals surface area (Å²) in [7, 11) is 0. The zero-order chi connectivity index (χ0) is 14.2. The minimum absolute atomic E-state index is 0.00218. The molecule has 1 aromatic rings. The lowest BCUT2D eigenvalue weighted by Gasteiger charge is -2.21. The number of hydrogen-bond donors (Lipinski definition) is 2. The molecule has 1 saturated heterocycles. The third-order valence-corrected chi connectivity index (χ3v) is 3.79. The zero-order valence-electron chi connectivity index (χ0n) is 9.72. The van der Waals surface area contributed by atoms with Crippen molar-refractivity contribution < 1.29 is 19.8 Å². The molecule has 0 unspecified atom stereocenters. The average molecular weight is 349 g/mol. The Kier molecular flexibility index (Phi) is 4.13. The van der Waals surface area contributed by atoms with Crippen LogP contribution in [0.4, 0.5) is 0 Å². The van der Waals surface area contributed by atoms with Gasteiger partial charge in [-0.05, 0) is 18.2 Å². The minimum Gasteiger partial charge on any atom is -0.480 e. The number of carbonyl (C=O) groups excluding carboxylic acids is 1. The van der Waals surface area contributed by atoms with E-state index in [-0.39, 0.29) is 23.6 Å². The summed E-state index contributed by atoms with van der Waals surface area (Å²) in [6, 6.07) is 3.73. The topological polar surface area (TPSA) is 77.8 Å². The summed E-state index contributed by atoms with van der Waals surface area (Å²) >= 11 is 9.21. The van der Waals surface area contributed by atoms with Crippen LogP contribution < -0.4 is 0 Å². The summed E-state index contributed by atoms with van der Waals surface area (Å²) in [6.45, 7) is 0.00218. The van der Waals surface area contributed by atoms with Crippen LogP contribution in [0.1, 0.15) is 16.8 Å². The van der Waals surface area contributed by atoms with Crippen molar-refractivity contribution >= 4 is 39.4 Å². The van der Waals surface area contributed by atoms with E-state index in [0.717, 1.165) is 9.37 Å². The molecule has 0 radical (unpaired) electrons. The maximum Gasteiger partial charge on any atom is 0.326 e. The van der Waals surface area contributed by atoms with Gasteiger partial charge in [0.1, 0.15) is 6.04 Å². The van der Waals surface area contributed by atoms with Crippen molar-refractivity contribution in [2.75, 3.05) is 6.54 Å². The molecule has 0 aromatic heterocycles. The quantitative estimate of drug-likeness (QED) is 0.854. The third kappa shape index (κ3) is 2.91. The Hall–Kier alpha value is -1.11. The number of rotatable bonds is 2. The van der Waals surface area contributed by atoms with Gasteiger partial charge in [0.05, 0.1) is 16.7 Å². The molecule has 1 fully saturated rings. The molecule has 1 amide bonds. The van der Waals surface area contributed by atoms with Crippen LogP contribution in [0.5, 0.6) is 0 Å². The SMILES string of the molecule is O=C(O)[C@@H]1C[C@H](O)CN1C(=O)c1ccc(Br)cc1Cl. The zero-order valence-corrected chi connectivity index (χ0v) is 12.1. The molecule has 0 bridgehead atoms. The van der Waals surface area contributed by atoms with Gasteiger partial charge in [0.2, 0.25) is 0 Å². The number of β-amino-alcohol motifs (C(OH)–C–C–N with tert-alkyl or cyclic N) is 1. The van der Waals surface area contributed by atoms with Crippen LogP contribution in [-0.2, 0) is 4.79 Å². The van der Waals surface area contributed by atoms with Crippen LogP contribution in [0.3, 0.4) is 0 Å². The van der Waals surface area contributed by atoms with Crippen LogP contribution in [0.15, 0.2) is 22.7 Å². The highest BCUT2D eigenvalue weighted by molar-refractivity contribution is 9.10. The van der Waals surface area contributed by atoms with Crippen molar-refractivity contribution in [3.8, 4) is 0 Å². The van der Waals surface area contributed by atoms with Gasteiger partial charge in [-0.2, -0.15) is 0 Å². The van der Waals surface area contributed by atoms with E-state index in [9.17, 15) is 14.7 Å². The molecule has 1 heterocycles. The number of nitrogens with zero attached hydrogens (tertiary/aromatic N) is 1. The number of amides is 1. The van der Waals surface area contributed by atoms with Gasteiger partial charge in [-0.15, -0.1) is 0 Å². The molecule has 2 atom stereocenters. The first-order valence-electron chi connectivity index (χ1n) is 5.57. The van der Waals surface area contributed by atoms with Crippen molar-refractivity contribution in [2.45, 2.75) is 18.6 Å². The number of likely N-dealkylation sites (tertiary alicyclic amines) is 1. The lowest BCUT2D eigenvalue weighted by atomic mass is 10.1. The van der Waals surface area contributed by atoms with Crippen molar-refractivity contribution in [3.63, 3.8) is 0 Å². The van der Waals surface area contributed by atoms with Gasteiger partial charge in [-0.1, -0.05) is 27.5 Å². The number of aliphatic carboxylic acids is 1. The van der Waals surface area contributed by atoms with E-state index in [1.165, 1.54) is 6.07 Å². The number of aliphatic hydroxyl groups is 1. The van der Waals surface area contributed by atoms with Crippen molar-refractivity contribution in [1.82, 2.24) is 4.90 Å². The Morgan fingerprint density at radius 2 is 2.11 bits per heavy atom. The van der Waals surface area contributed by atoms with E-state index in [1.54, 1.807) is 12.1 Å². The monoisotopic (exact) mass is 347 g/mol. The molecule has 7 heteroatoms. The first-order chi connectivity index (χ1) is 8.90. The summed E-state index contributed by atoms with van der Waals surface area (Å²) in [5.74, 6) is -1.61. The second-order valence-corrected chi connectivity index (χ2v) is 5.65. The smallest absolute Gasteiger partial charge is 0.326 e. The fourth-order valence-corrected chi connectivity index (χ4v) is 2.84. The van der Waals surface area contributed by atoms with Crippen LogP contribution >= 0.6 is 27.5 Å². The fourth-order valence-electron chi connectivity index (χ4n) is 2.09. The highest BCUT2D eigenvalue weighted by atomic mass is 79.9. The van der Waals surface area contributed by atoms with Crippen molar-refractivity contribution in [3.05, 3.63) is 33.3 Å². The summed E-state index contributed by atoms with van der Waals surface area (Å²) in [5, 5.41) is 18.8. The van der Waals surface area contributed by atoms with Crippen LogP contribution in [-0.4, -0.2) is 45.7 Å². The van der Waals surface area contributed by atoms with Crippen molar-refractivity contribution in [2.24, 2.45) is 0 Å². The number of halogens is 2. The standard InChI is InChI=1S/C12H11BrClNO4/c13-6-1-2-8(9(14)3-6)11(17)15-5-7(16)4-10(15)12(18)19/h1-3,7,10,16H,4-5H2,(H,18,19)/t7-,10-/m0/s1. The number of carboxylic acid groups (broad SMARTS) is 1. The average Bonchev–Trinajstić information content (AvgIpc) is 2.70. The molecule has 19 heavy (non-hydrogen) atoms. The van der Waals surface area contributed by atoms with Gasteiger partial charge in [0, 0.05) is 17.4 Å². The highest BCUT2D eigenvalue weighted by Crippen LogP contribution is 2.26. The number of carboxylic acids is 1. The molecule has 2 N–H and O–H groups in total. The summed E-state index contributed by atoms with van der Waals surface area (Å²) in [5.41, 5.74) is 0.227. The second kappa shape index (κ2) is 5.48. The van der Waals surface area contributed by atoms with Gasteiger partial charge in [0.25, 0.3) is 5.91 Å². The molecular weight excluding hydrogens is 337 g/mol. The Morgan fingerprint density at radius 1 is 1.42 bits per heavy atom. The maximum absolute atomic E-state index is 12.3. The summed E-state index contributed by atoms with van der Waals surface area (Å²) in [4.78, 5) is 24.5. The van der Waals surface area contributed by atoms with Gasteiger partial charge in [0.15, 0.2) is 0 Å². The van der Waals surface area contributed by atoms with E-state index in [0.29, 0.717) is 0 Å². The molecule has 102 valence electrons. The third-order valence-electron chi connectivity index (χ3n) is 2.99. The first kappa shape index (κ1) is 14.3. The van der Waals surface area contributed by atoms with Crippen LogP contribution in [0.2, 0.25) is 5.02 Å². The minimum atomic E-state index is -1.13. The van der Waals surface area contributed by atoms with E-state index < -0.39 is 24.0 Å². The Balaban J connectivity index is 2.30. The lowest BCUT2D eigenvalue weighted by molar-refractivity contribution is -0.141. The Morgan fingerprint density at radius 3 is 2.68 bits per heavy atom. The molecule has 1 aliphatic rings. The van der Waals surface area contributed by atoms with Gasteiger partial charge < -0.3 is 15.1 Å². The summed E-state index contributed by atoms with van der Waals surface area (Å²) < 4.78 is 0.727. The normalized spacial score (nSPS) is 22.6. The lowest BCUT2D eigenvalue weighted by Crippen LogP contribution is -2.40. The number of aliphatic hydroxyl groups excluding tert-OH is 1. The van der Waals surface area contributed by atoms with Gasteiger partial charge in [-0.25, -0.2) is 4.79 Å². The molecule has 1 aromatic carbocycles. The Labute approximate surface area is 122 Å². The molecule has 1 aliphatic heterocycles. The molecule has 5 nitrogen and oxygen atoms in total. The molecule has 0 aliphatic carbocycles. The highest BCUT2D eigenvalue weighted by Gasteiger charge is 2.39. The molecule has 2 rings (SSSR count).